The van der Waals surface area contributed by atoms with Crippen LogP contribution in [0.15, 0.2) is 12.1 Å². The third kappa shape index (κ3) is 5.05. The Hall–Kier alpha value is -1.50. The van der Waals surface area contributed by atoms with Crippen LogP contribution in [0.4, 0.5) is 0 Å². The first-order valence-corrected chi connectivity index (χ1v) is 7.63. The molecule has 1 aliphatic rings. The zero-order chi connectivity index (χ0) is 15.8. The minimum Gasteiger partial charge on any atom is -0.486 e. The zero-order valence-corrected chi connectivity index (χ0v) is 13.4. The molecule has 1 aliphatic heterocycles. The fourth-order valence-corrected chi connectivity index (χ4v) is 2.38. The molecule has 0 aromatic heterocycles. The number of ether oxygens (including phenoxy) is 3. The molecule has 2 rings (SSSR count). The Morgan fingerprint density at radius 2 is 2.14 bits per heavy atom. The maximum Gasteiger partial charge on any atom is 0.233 e. The van der Waals surface area contributed by atoms with Gasteiger partial charge in [-0.1, -0.05) is 11.6 Å². The maximum atomic E-state index is 11.6. The van der Waals surface area contributed by atoms with Crippen molar-refractivity contribution in [3.63, 3.8) is 0 Å². The number of carbonyl (C=O) groups is 1. The molecular weight excluding hydrogens is 308 g/mol. The standard InChI is InChI=1S/C15H21ClN2O4/c1-20-5-4-17-10-14(19)18-3-2-11-8-12(16)15-13(9-11)21-6-7-22-15/h8-9,17H,2-7,10H2,1H3,(H,18,19). The highest BCUT2D eigenvalue weighted by atomic mass is 35.5. The first-order chi connectivity index (χ1) is 10.7. The fraction of sp³-hybridized carbons (Fsp3) is 0.533. The first-order valence-electron chi connectivity index (χ1n) is 7.25. The smallest absolute Gasteiger partial charge is 0.233 e. The van der Waals surface area contributed by atoms with E-state index in [0.717, 1.165) is 5.56 Å². The van der Waals surface area contributed by atoms with E-state index in [2.05, 4.69) is 10.6 Å². The minimum absolute atomic E-state index is 0.0419. The highest BCUT2D eigenvalue weighted by Gasteiger charge is 2.16. The van der Waals surface area contributed by atoms with Gasteiger partial charge < -0.3 is 24.8 Å². The number of carbonyl (C=O) groups excluding carboxylic acids is 1. The van der Waals surface area contributed by atoms with Gasteiger partial charge >= 0.3 is 0 Å². The second kappa shape index (κ2) is 8.82. The molecule has 0 atom stereocenters. The molecule has 6 nitrogen and oxygen atoms in total. The van der Waals surface area contributed by atoms with Crippen molar-refractivity contribution in [2.45, 2.75) is 6.42 Å². The monoisotopic (exact) mass is 328 g/mol. The molecule has 0 saturated heterocycles. The van der Waals surface area contributed by atoms with Crippen LogP contribution in [0.5, 0.6) is 11.5 Å². The van der Waals surface area contributed by atoms with Crippen LogP contribution in [0.25, 0.3) is 0 Å². The van der Waals surface area contributed by atoms with Crippen molar-refractivity contribution in [1.29, 1.82) is 0 Å². The van der Waals surface area contributed by atoms with Gasteiger partial charge in [-0.25, -0.2) is 0 Å². The molecule has 0 spiro atoms. The highest BCUT2D eigenvalue weighted by molar-refractivity contribution is 6.32. The van der Waals surface area contributed by atoms with E-state index >= 15 is 0 Å². The summed E-state index contributed by atoms with van der Waals surface area (Å²) in [7, 11) is 1.63. The largest absolute Gasteiger partial charge is 0.486 e. The lowest BCUT2D eigenvalue weighted by Crippen LogP contribution is -2.36. The van der Waals surface area contributed by atoms with E-state index in [1.165, 1.54) is 0 Å². The van der Waals surface area contributed by atoms with Crippen LogP contribution in [0.1, 0.15) is 5.56 Å². The molecule has 1 aromatic rings. The van der Waals surface area contributed by atoms with Crippen LogP contribution in [0, 0.1) is 0 Å². The summed E-state index contributed by atoms with van der Waals surface area (Å²) >= 11 is 6.17. The van der Waals surface area contributed by atoms with Gasteiger partial charge in [0.25, 0.3) is 0 Å². The van der Waals surface area contributed by atoms with Crippen molar-refractivity contribution in [2.75, 3.05) is 46.6 Å². The Labute approximate surface area is 135 Å². The number of hydrogen-bond acceptors (Lipinski definition) is 5. The summed E-state index contributed by atoms with van der Waals surface area (Å²) in [4.78, 5) is 11.6. The van der Waals surface area contributed by atoms with Crippen LogP contribution in [-0.2, 0) is 16.0 Å². The summed E-state index contributed by atoms with van der Waals surface area (Å²) in [6.45, 7) is 3.10. The predicted molar refractivity (Wildman–Crippen MR) is 83.9 cm³/mol. The van der Waals surface area contributed by atoms with Gasteiger partial charge in [0.15, 0.2) is 11.5 Å². The Morgan fingerprint density at radius 1 is 1.32 bits per heavy atom. The number of methoxy groups -OCH3 is 1. The summed E-state index contributed by atoms with van der Waals surface area (Å²) in [5, 5.41) is 6.38. The van der Waals surface area contributed by atoms with Gasteiger partial charge in [0.05, 0.1) is 18.2 Å². The number of benzene rings is 1. The number of nitrogens with one attached hydrogen (secondary N) is 2. The van der Waals surface area contributed by atoms with Crippen molar-refractivity contribution >= 4 is 17.5 Å². The topological polar surface area (TPSA) is 68.8 Å². The van der Waals surface area contributed by atoms with E-state index < -0.39 is 0 Å². The molecule has 0 saturated carbocycles. The van der Waals surface area contributed by atoms with Gasteiger partial charge in [0.1, 0.15) is 13.2 Å². The lowest BCUT2D eigenvalue weighted by atomic mass is 10.1. The summed E-state index contributed by atoms with van der Waals surface area (Å²) in [6, 6.07) is 3.75. The molecule has 2 N–H and O–H groups in total. The van der Waals surface area contributed by atoms with Crippen LogP contribution in [0.3, 0.4) is 0 Å². The van der Waals surface area contributed by atoms with Gasteiger partial charge in [0.2, 0.25) is 5.91 Å². The van der Waals surface area contributed by atoms with E-state index in [-0.39, 0.29) is 12.5 Å². The maximum absolute atomic E-state index is 11.6. The van der Waals surface area contributed by atoms with E-state index in [9.17, 15) is 4.79 Å². The lowest BCUT2D eigenvalue weighted by molar-refractivity contribution is -0.120. The van der Waals surface area contributed by atoms with Crippen LogP contribution < -0.4 is 20.1 Å². The van der Waals surface area contributed by atoms with E-state index in [4.69, 9.17) is 25.8 Å². The van der Waals surface area contributed by atoms with Gasteiger partial charge in [-0.15, -0.1) is 0 Å². The average molecular weight is 329 g/mol. The van der Waals surface area contributed by atoms with Gasteiger partial charge in [-0.2, -0.15) is 0 Å². The third-order valence-corrected chi connectivity index (χ3v) is 3.44. The van der Waals surface area contributed by atoms with Crippen molar-refractivity contribution in [3.05, 3.63) is 22.7 Å². The number of amides is 1. The summed E-state index contributed by atoms with van der Waals surface area (Å²) in [6.07, 6.45) is 0.681. The normalized spacial score (nSPS) is 13.0. The second-order valence-corrected chi connectivity index (χ2v) is 5.28. The molecule has 1 amide bonds. The molecule has 22 heavy (non-hydrogen) atoms. The molecule has 0 aliphatic carbocycles. The predicted octanol–water partition coefficient (Wildman–Crippen LogP) is 1.01. The Morgan fingerprint density at radius 3 is 2.95 bits per heavy atom. The number of halogens is 1. The van der Waals surface area contributed by atoms with Gasteiger partial charge in [0, 0.05) is 20.2 Å². The van der Waals surface area contributed by atoms with E-state index in [1.54, 1.807) is 7.11 Å². The molecule has 0 bridgehead atoms. The number of fused-ring (bicyclic) bond motifs is 1. The molecular formula is C15H21ClN2O4. The van der Waals surface area contributed by atoms with Crippen molar-refractivity contribution in [1.82, 2.24) is 10.6 Å². The Balaban J connectivity index is 1.75. The van der Waals surface area contributed by atoms with Crippen molar-refractivity contribution in [2.24, 2.45) is 0 Å². The number of rotatable bonds is 8. The van der Waals surface area contributed by atoms with Crippen LogP contribution in [-0.4, -0.2) is 52.5 Å². The van der Waals surface area contributed by atoms with Crippen LogP contribution >= 0.6 is 11.6 Å². The minimum atomic E-state index is -0.0419. The molecule has 0 unspecified atom stereocenters. The second-order valence-electron chi connectivity index (χ2n) is 4.87. The third-order valence-electron chi connectivity index (χ3n) is 3.16. The number of hydrogen-bond donors (Lipinski definition) is 2. The average Bonchev–Trinajstić information content (AvgIpc) is 2.52. The summed E-state index contributed by atoms with van der Waals surface area (Å²) in [5.41, 5.74) is 1.00. The van der Waals surface area contributed by atoms with Crippen molar-refractivity contribution in [3.8, 4) is 11.5 Å². The van der Waals surface area contributed by atoms with E-state index in [0.29, 0.717) is 55.9 Å². The lowest BCUT2D eigenvalue weighted by Gasteiger charge is -2.20. The molecule has 0 radical (unpaired) electrons. The Bertz CT molecular complexity index is 511. The quantitative estimate of drug-likeness (QED) is 0.697. The molecule has 1 aromatic carbocycles. The fourth-order valence-electron chi connectivity index (χ4n) is 2.09. The first kappa shape index (κ1) is 16.9. The zero-order valence-electron chi connectivity index (χ0n) is 12.6. The molecule has 1 heterocycles. The summed E-state index contributed by atoms with van der Waals surface area (Å²) in [5.74, 6) is 1.23. The van der Waals surface area contributed by atoms with Crippen LogP contribution in [0.2, 0.25) is 5.02 Å². The highest BCUT2D eigenvalue weighted by Crippen LogP contribution is 2.38. The van der Waals surface area contributed by atoms with Gasteiger partial charge in [-0.3, -0.25) is 4.79 Å². The molecule has 7 heteroatoms. The van der Waals surface area contributed by atoms with Crippen molar-refractivity contribution < 1.29 is 19.0 Å². The van der Waals surface area contributed by atoms with E-state index in [1.807, 2.05) is 12.1 Å². The Kier molecular flexibility index (Phi) is 6.76. The summed E-state index contributed by atoms with van der Waals surface area (Å²) < 4.78 is 15.9. The molecule has 0 fully saturated rings. The molecule has 122 valence electrons. The SMILES string of the molecule is COCCNCC(=O)NCCc1cc(Cl)c2c(c1)OCCO2. The van der Waals surface area contributed by atoms with Gasteiger partial charge in [-0.05, 0) is 24.1 Å².